The van der Waals surface area contributed by atoms with Gasteiger partial charge in [0.05, 0.1) is 13.3 Å². The molecule has 0 amide bonds. The van der Waals surface area contributed by atoms with Gasteiger partial charge in [-0.25, -0.2) is 0 Å². The standard InChI is InChI=1S/C9H10BrN3O2S/c1-15-7-3-6(10)2-5(8(7)14)4-12-13-9(11)16/h2-4,14H,1H3,(H3,11,13,16). The van der Waals surface area contributed by atoms with Crippen molar-refractivity contribution in [1.82, 2.24) is 5.43 Å². The SMILES string of the molecule is COc1cc(Br)cc(C=NNC(N)=S)c1O. The van der Waals surface area contributed by atoms with E-state index >= 15 is 0 Å². The highest BCUT2D eigenvalue weighted by Crippen LogP contribution is 2.32. The summed E-state index contributed by atoms with van der Waals surface area (Å²) in [6, 6.07) is 3.33. The van der Waals surface area contributed by atoms with Crippen molar-refractivity contribution in [2.75, 3.05) is 7.11 Å². The molecule has 0 aromatic heterocycles. The smallest absolute Gasteiger partial charge is 0.184 e. The number of phenols is 1. The highest BCUT2D eigenvalue weighted by Gasteiger charge is 2.07. The number of nitrogens with one attached hydrogen (secondary N) is 1. The lowest BCUT2D eigenvalue weighted by Crippen LogP contribution is -2.24. The van der Waals surface area contributed by atoms with Crippen LogP contribution in [0, 0.1) is 0 Å². The molecule has 0 heterocycles. The van der Waals surface area contributed by atoms with E-state index in [4.69, 9.17) is 10.5 Å². The molecule has 1 aromatic rings. The van der Waals surface area contributed by atoms with E-state index in [0.29, 0.717) is 11.3 Å². The van der Waals surface area contributed by atoms with Crippen LogP contribution in [0.25, 0.3) is 0 Å². The number of hydrazone groups is 1. The van der Waals surface area contributed by atoms with E-state index in [0.717, 1.165) is 4.47 Å². The van der Waals surface area contributed by atoms with Crippen molar-refractivity contribution in [3.8, 4) is 11.5 Å². The van der Waals surface area contributed by atoms with Crippen LogP contribution in [0.1, 0.15) is 5.56 Å². The molecular formula is C9H10BrN3O2S. The molecule has 0 spiro atoms. The number of hydrogen-bond donors (Lipinski definition) is 3. The Morgan fingerprint density at radius 1 is 1.69 bits per heavy atom. The molecule has 0 bridgehead atoms. The van der Waals surface area contributed by atoms with E-state index < -0.39 is 0 Å². The van der Waals surface area contributed by atoms with Gasteiger partial charge in [0, 0.05) is 10.0 Å². The molecule has 5 nitrogen and oxygen atoms in total. The van der Waals surface area contributed by atoms with Gasteiger partial charge in [-0.2, -0.15) is 5.10 Å². The Labute approximate surface area is 106 Å². The first-order chi connectivity index (χ1) is 7.54. The second kappa shape index (κ2) is 5.66. The number of hydrogen-bond acceptors (Lipinski definition) is 4. The van der Waals surface area contributed by atoms with Crippen LogP contribution in [-0.2, 0) is 0 Å². The minimum atomic E-state index is -0.000750. The Morgan fingerprint density at radius 2 is 2.38 bits per heavy atom. The monoisotopic (exact) mass is 303 g/mol. The molecule has 86 valence electrons. The van der Waals surface area contributed by atoms with Crippen molar-refractivity contribution >= 4 is 39.5 Å². The molecule has 1 aromatic carbocycles. The van der Waals surface area contributed by atoms with Gasteiger partial charge in [-0.1, -0.05) is 15.9 Å². The van der Waals surface area contributed by atoms with Gasteiger partial charge < -0.3 is 15.6 Å². The topological polar surface area (TPSA) is 79.9 Å². The van der Waals surface area contributed by atoms with E-state index in [-0.39, 0.29) is 10.9 Å². The van der Waals surface area contributed by atoms with Crippen molar-refractivity contribution in [3.63, 3.8) is 0 Å². The van der Waals surface area contributed by atoms with Gasteiger partial charge in [-0.05, 0) is 24.4 Å². The minimum absolute atomic E-state index is 0.000750. The predicted octanol–water partition coefficient (Wildman–Crippen LogP) is 1.33. The fourth-order valence-electron chi connectivity index (χ4n) is 1.01. The second-order valence-electron chi connectivity index (χ2n) is 2.78. The van der Waals surface area contributed by atoms with Gasteiger partial charge in [0.1, 0.15) is 0 Å². The van der Waals surface area contributed by atoms with E-state index in [2.05, 4.69) is 38.7 Å². The molecule has 0 aliphatic carbocycles. The average Bonchev–Trinajstić information content (AvgIpc) is 2.22. The summed E-state index contributed by atoms with van der Waals surface area (Å²) in [4.78, 5) is 0. The minimum Gasteiger partial charge on any atom is -0.504 e. The number of methoxy groups -OCH3 is 1. The summed E-state index contributed by atoms with van der Waals surface area (Å²) in [5, 5.41) is 13.5. The van der Waals surface area contributed by atoms with Crippen molar-refractivity contribution < 1.29 is 9.84 Å². The molecule has 16 heavy (non-hydrogen) atoms. The zero-order valence-electron chi connectivity index (χ0n) is 8.40. The highest BCUT2D eigenvalue weighted by molar-refractivity contribution is 9.10. The van der Waals surface area contributed by atoms with Crippen LogP contribution in [0.15, 0.2) is 21.7 Å². The lowest BCUT2D eigenvalue weighted by atomic mass is 10.2. The molecule has 0 unspecified atom stereocenters. The molecule has 0 aliphatic rings. The fraction of sp³-hybridized carbons (Fsp3) is 0.111. The van der Waals surface area contributed by atoms with Crippen LogP contribution in [0.3, 0.4) is 0 Å². The first-order valence-corrected chi connectivity index (χ1v) is 5.39. The Hall–Kier alpha value is -1.34. The summed E-state index contributed by atoms with van der Waals surface area (Å²) >= 11 is 7.86. The summed E-state index contributed by atoms with van der Waals surface area (Å²) in [6.07, 6.45) is 1.39. The summed E-state index contributed by atoms with van der Waals surface area (Å²) in [6.45, 7) is 0. The third kappa shape index (κ3) is 3.35. The second-order valence-corrected chi connectivity index (χ2v) is 4.14. The zero-order chi connectivity index (χ0) is 12.1. The lowest BCUT2D eigenvalue weighted by molar-refractivity contribution is 0.373. The number of rotatable bonds is 3. The van der Waals surface area contributed by atoms with Crippen molar-refractivity contribution in [1.29, 1.82) is 0 Å². The predicted molar refractivity (Wildman–Crippen MR) is 69.9 cm³/mol. The van der Waals surface area contributed by atoms with Crippen LogP contribution in [0.2, 0.25) is 0 Å². The van der Waals surface area contributed by atoms with Crippen LogP contribution < -0.4 is 15.9 Å². The van der Waals surface area contributed by atoms with Gasteiger partial charge in [0.25, 0.3) is 0 Å². The van der Waals surface area contributed by atoms with Crippen molar-refractivity contribution in [2.45, 2.75) is 0 Å². The summed E-state index contributed by atoms with van der Waals surface area (Å²) < 4.78 is 5.74. The number of benzene rings is 1. The molecule has 0 fully saturated rings. The normalized spacial score (nSPS) is 10.4. The Balaban J connectivity index is 2.99. The maximum absolute atomic E-state index is 9.75. The molecular weight excluding hydrogens is 294 g/mol. The van der Waals surface area contributed by atoms with E-state index in [1.165, 1.54) is 13.3 Å². The van der Waals surface area contributed by atoms with Gasteiger partial charge in [0.2, 0.25) is 0 Å². The third-order valence-corrected chi connectivity index (χ3v) is 2.22. The van der Waals surface area contributed by atoms with Crippen molar-refractivity contribution in [3.05, 3.63) is 22.2 Å². The molecule has 0 saturated carbocycles. The molecule has 0 radical (unpaired) electrons. The number of halogens is 1. The van der Waals surface area contributed by atoms with Crippen molar-refractivity contribution in [2.24, 2.45) is 10.8 Å². The molecule has 0 atom stereocenters. The third-order valence-electron chi connectivity index (χ3n) is 1.67. The molecule has 1 rings (SSSR count). The quantitative estimate of drug-likeness (QED) is 0.446. The summed E-state index contributed by atoms with van der Waals surface area (Å²) in [7, 11) is 1.47. The fourth-order valence-corrected chi connectivity index (χ4v) is 1.52. The van der Waals surface area contributed by atoms with Crippen LogP contribution >= 0.6 is 28.1 Å². The number of nitrogens with two attached hydrogens (primary N) is 1. The average molecular weight is 304 g/mol. The Kier molecular flexibility index (Phi) is 4.51. The molecule has 7 heteroatoms. The highest BCUT2D eigenvalue weighted by atomic mass is 79.9. The summed E-state index contributed by atoms with van der Waals surface area (Å²) in [5.74, 6) is 0.352. The van der Waals surface area contributed by atoms with Gasteiger partial charge in [-0.15, -0.1) is 0 Å². The Bertz CT molecular complexity index is 437. The van der Waals surface area contributed by atoms with Crippen LogP contribution in [-0.4, -0.2) is 23.5 Å². The number of nitrogens with zero attached hydrogens (tertiary/aromatic N) is 1. The van der Waals surface area contributed by atoms with E-state index in [9.17, 15) is 5.11 Å². The lowest BCUT2D eigenvalue weighted by Gasteiger charge is -2.06. The van der Waals surface area contributed by atoms with Gasteiger partial charge in [-0.3, -0.25) is 5.43 Å². The first kappa shape index (κ1) is 12.7. The number of ether oxygens (including phenoxy) is 1. The largest absolute Gasteiger partial charge is 0.504 e. The van der Waals surface area contributed by atoms with Crippen LogP contribution in [0.5, 0.6) is 11.5 Å². The molecule has 4 N–H and O–H groups in total. The number of phenolic OH excluding ortho intramolecular Hbond substituents is 1. The van der Waals surface area contributed by atoms with E-state index in [1.807, 2.05) is 0 Å². The molecule has 0 saturated heterocycles. The summed E-state index contributed by atoms with van der Waals surface area (Å²) in [5.41, 5.74) is 8.06. The number of aromatic hydroxyl groups is 1. The van der Waals surface area contributed by atoms with Gasteiger partial charge >= 0.3 is 0 Å². The zero-order valence-corrected chi connectivity index (χ0v) is 10.8. The van der Waals surface area contributed by atoms with Gasteiger partial charge in [0.15, 0.2) is 16.6 Å². The maximum Gasteiger partial charge on any atom is 0.184 e. The maximum atomic E-state index is 9.75. The first-order valence-electron chi connectivity index (χ1n) is 4.19. The Morgan fingerprint density at radius 3 is 2.94 bits per heavy atom. The molecule has 0 aliphatic heterocycles. The van der Waals surface area contributed by atoms with Crippen LogP contribution in [0.4, 0.5) is 0 Å². The number of thiocarbonyl (C=S) groups is 1. The van der Waals surface area contributed by atoms with E-state index in [1.54, 1.807) is 12.1 Å².